The van der Waals surface area contributed by atoms with Gasteiger partial charge in [-0.25, -0.2) is 0 Å². The van der Waals surface area contributed by atoms with Gasteiger partial charge in [-0.3, -0.25) is 4.57 Å². The molecule has 1 saturated carbocycles. The first kappa shape index (κ1) is 49.5. The van der Waals surface area contributed by atoms with Crippen LogP contribution in [0, 0.1) is 0 Å². The number of para-hydroxylation sites is 6. The summed E-state index contributed by atoms with van der Waals surface area (Å²) in [4.78, 5) is 19.9. The van der Waals surface area contributed by atoms with E-state index in [1.807, 2.05) is 0 Å². The predicted octanol–water partition coefficient (Wildman–Crippen LogP) is 15.9. The molecule has 1 aliphatic carbocycles. The van der Waals surface area contributed by atoms with E-state index in [1.165, 1.54) is 60.0 Å². The third-order valence-corrected chi connectivity index (χ3v) is 24.4. The minimum absolute atomic E-state index is 0.121. The van der Waals surface area contributed by atoms with Crippen molar-refractivity contribution in [3.63, 3.8) is 0 Å². The molecule has 2 atom stereocenters. The quantitative estimate of drug-likeness (QED) is 0.107. The maximum atomic E-state index is 5.83. The van der Waals surface area contributed by atoms with E-state index in [2.05, 4.69) is 305 Å². The summed E-state index contributed by atoms with van der Waals surface area (Å²) < 4.78 is 7.25. The SMILES string of the molecule is CC12CCCCC1(C)N(c1nc(-c3ccccc3-n3c4ccccc4c4ccccc43)nc(-n3c4ccccc4c4c3ccc3c5ccccc5n(-c5cccc([Si](c6ccccc6)(c6ccccc6)c6ccccc6)c5)c34)n1)c1ccccc12. The fourth-order valence-corrected chi connectivity index (χ4v) is 20.4. The van der Waals surface area contributed by atoms with Crippen molar-refractivity contribution in [3.05, 3.63) is 279 Å². The van der Waals surface area contributed by atoms with Crippen LogP contribution in [-0.2, 0) is 5.41 Å². The summed E-state index contributed by atoms with van der Waals surface area (Å²) in [5.74, 6) is 1.84. The number of hydrogen-bond donors (Lipinski definition) is 0. The van der Waals surface area contributed by atoms with Gasteiger partial charge >= 0.3 is 0 Å². The smallest absolute Gasteiger partial charge is 0.240 e. The van der Waals surface area contributed by atoms with Crippen LogP contribution in [0.25, 0.3) is 94.1 Å². The fourth-order valence-electron chi connectivity index (χ4n) is 15.7. The molecule has 1 aliphatic heterocycles. The van der Waals surface area contributed by atoms with Crippen molar-refractivity contribution in [2.45, 2.75) is 50.5 Å². The number of benzene rings is 11. The van der Waals surface area contributed by atoms with Crippen LogP contribution >= 0.6 is 0 Å². The third-order valence-electron chi connectivity index (χ3n) is 19.6. The second-order valence-corrected chi connectivity index (χ2v) is 27.6. The van der Waals surface area contributed by atoms with E-state index in [0.717, 1.165) is 80.1 Å². The molecule has 0 spiro atoms. The van der Waals surface area contributed by atoms with Crippen molar-refractivity contribution < 1.29 is 0 Å². The molecule has 0 amide bonds. The molecular formula is C77H59N7Si. The molecule has 11 aromatic carbocycles. The molecule has 406 valence electrons. The van der Waals surface area contributed by atoms with Gasteiger partial charge in [0.2, 0.25) is 11.9 Å². The van der Waals surface area contributed by atoms with E-state index < -0.39 is 8.07 Å². The Morgan fingerprint density at radius 3 is 1.51 bits per heavy atom. The minimum atomic E-state index is -2.90. The largest absolute Gasteiger partial charge is 0.309 e. The Kier molecular flexibility index (Phi) is 11.0. The van der Waals surface area contributed by atoms with Crippen LogP contribution in [0.5, 0.6) is 0 Å². The number of fused-ring (bicyclic) bond motifs is 13. The highest BCUT2D eigenvalue weighted by molar-refractivity contribution is 7.19. The summed E-state index contributed by atoms with van der Waals surface area (Å²) in [6.45, 7) is 4.93. The topological polar surface area (TPSA) is 56.7 Å². The lowest BCUT2D eigenvalue weighted by Gasteiger charge is -2.49. The number of aromatic nitrogens is 6. The summed E-state index contributed by atoms with van der Waals surface area (Å²) in [5.41, 5.74) is 11.7. The molecule has 0 bridgehead atoms. The van der Waals surface area contributed by atoms with Crippen LogP contribution in [0.3, 0.4) is 0 Å². The van der Waals surface area contributed by atoms with Crippen LogP contribution in [0.4, 0.5) is 11.6 Å². The first-order valence-electron chi connectivity index (χ1n) is 29.9. The Morgan fingerprint density at radius 2 is 0.859 bits per heavy atom. The van der Waals surface area contributed by atoms with E-state index in [4.69, 9.17) is 15.0 Å². The second kappa shape index (κ2) is 18.9. The van der Waals surface area contributed by atoms with Gasteiger partial charge in [0.1, 0.15) is 0 Å². The molecular weight excluding hydrogens is 1050 g/mol. The lowest BCUT2D eigenvalue weighted by atomic mass is 9.61. The lowest BCUT2D eigenvalue weighted by Crippen LogP contribution is -2.74. The number of hydrogen-bond acceptors (Lipinski definition) is 4. The first-order chi connectivity index (χ1) is 41.9. The van der Waals surface area contributed by atoms with Gasteiger partial charge in [0.05, 0.1) is 44.3 Å². The number of rotatable bonds is 9. The highest BCUT2D eigenvalue weighted by Crippen LogP contribution is 2.60. The number of nitrogens with zero attached hydrogens (tertiary/aromatic N) is 7. The van der Waals surface area contributed by atoms with Crippen LogP contribution in [0.15, 0.2) is 273 Å². The van der Waals surface area contributed by atoms with E-state index in [9.17, 15) is 0 Å². The highest BCUT2D eigenvalue weighted by Gasteiger charge is 2.58. The molecule has 85 heavy (non-hydrogen) atoms. The van der Waals surface area contributed by atoms with Crippen LogP contribution < -0.4 is 25.6 Å². The van der Waals surface area contributed by atoms with E-state index in [1.54, 1.807) is 0 Å². The maximum Gasteiger partial charge on any atom is 0.240 e. The van der Waals surface area contributed by atoms with Crippen LogP contribution in [-0.4, -0.2) is 42.3 Å². The Bertz CT molecular complexity index is 4990. The van der Waals surface area contributed by atoms with Gasteiger partial charge in [-0.1, -0.05) is 232 Å². The fraction of sp³-hybridized carbons (Fsp3) is 0.104. The maximum absolute atomic E-state index is 5.83. The number of anilines is 2. The molecule has 7 nitrogen and oxygen atoms in total. The molecule has 0 N–H and O–H groups in total. The van der Waals surface area contributed by atoms with Gasteiger partial charge in [0.25, 0.3) is 0 Å². The van der Waals surface area contributed by atoms with Gasteiger partial charge in [-0.15, -0.1) is 0 Å². The van der Waals surface area contributed by atoms with Crippen molar-refractivity contribution >= 4 is 106 Å². The molecule has 0 radical (unpaired) electrons. The molecule has 4 aromatic heterocycles. The normalized spacial score (nSPS) is 16.9. The Balaban J connectivity index is 0.952. The van der Waals surface area contributed by atoms with E-state index >= 15 is 0 Å². The Labute approximate surface area is 494 Å². The Hall–Kier alpha value is -10.2. The zero-order valence-electron chi connectivity index (χ0n) is 47.4. The van der Waals surface area contributed by atoms with Crippen LogP contribution in [0.2, 0.25) is 0 Å². The molecule has 15 aromatic rings. The van der Waals surface area contributed by atoms with Gasteiger partial charge in [-0.05, 0) is 107 Å². The zero-order valence-corrected chi connectivity index (χ0v) is 48.4. The van der Waals surface area contributed by atoms with E-state index in [-0.39, 0.29) is 11.0 Å². The minimum Gasteiger partial charge on any atom is -0.309 e. The lowest BCUT2D eigenvalue weighted by molar-refractivity contribution is 0.193. The monoisotopic (exact) mass is 1110 g/mol. The van der Waals surface area contributed by atoms with E-state index in [0.29, 0.717) is 17.7 Å². The van der Waals surface area contributed by atoms with Crippen molar-refractivity contribution in [2.75, 3.05) is 4.90 Å². The molecule has 0 saturated heterocycles. The van der Waals surface area contributed by atoms with Gasteiger partial charge in [0, 0.05) is 54.7 Å². The highest BCUT2D eigenvalue weighted by atomic mass is 28.3. The second-order valence-electron chi connectivity index (χ2n) is 23.8. The van der Waals surface area contributed by atoms with Crippen molar-refractivity contribution in [1.82, 2.24) is 28.7 Å². The van der Waals surface area contributed by atoms with Crippen molar-refractivity contribution in [2.24, 2.45) is 0 Å². The molecule has 5 heterocycles. The van der Waals surface area contributed by atoms with Gasteiger partial charge < -0.3 is 14.0 Å². The standard InChI is InChI=1S/C77H59N7Si/c1-76-49-24-25-50-77(76,2)84(69-46-23-17-40-63(69)76)75-79-73(62-39-16-22-45-68(62)82-65-42-19-12-35-57(65)58-36-13-20-43-66(58)82)78-74(80-75)83-67-44-21-15-38-61(67)71-70(83)48-47-60-59-37-14-18-41-64(59)81(72(60)71)52-27-26-34-56(51-52)85(53-28-6-3-7-29-53,54-30-8-4-9-31-54)55-32-10-5-11-33-55/h3-23,26-48,51H,24-25,49-50H2,1-2H3. The molecule has 8 heteroatoms. The molecule has 2 aliphatic rings. The summed E-state index contributed by atoms with van der Waals surface area (Å²) in [7, 11) is -2.90. The molecule has 1 fully saturated rings. The van der Waals surface area contributed by atoms with Crippen molar-refractivity contribution in [3.8, 4) is 28.7 Å². The average molecular weight is 1110 g/mol. The summed E-state index contributed by atoms with van der Waals surface area (Å²) in [5, 5.41) is 12.4. The van der Waals surface area contributed by atoms with Crippen molar-refractivity contribution in [1.29, 1.82) is 0 Å². The predicted molar refractivity (Wildman–Crippen MR) is 355 cm³/mol. The first-order valence-corrected chi connectivity index (χ1v) is 31.9. The summed E-state index contributed by atoms with van der Waals surface area (Å²) in [6.07, 6.45) is 4.41. The Morgan fingerprint density at radius 1 is 0.365 bits per heavy atom. The van der Waals surface area contributed by atoms with Gasteiger partial charge in [-0.2, -0.15) is 15.0 Å². The molecule has 2 unspecified atom stereocenters. The average Bonchev–Trinajstić information content (AvgIpc) is 1.67. The molecule has 17 rings (SSSR count). The van der Waals surface area contributed by atoms with Crippen LogP contribution in [0.1, 0.15) is 45.1 Å². The van der Waals surface area contributed by atoms with Gasteiger partial charge in [0.15, 0.2) is 13.9 Å². The summed E-state index contributed by atoms with van der Waals surface area (Å²) in [6, 6.07) is 101. The zero-order chi connectivity index (χ0) is 56.4. The summed E-state index contributed by atoms with van der Waals surface area (Å²) >= 11 is 0. The third kappa shape index (κ3) is 7.03.